The van der Waals surface area contributed by atoms with Crippen molar-refractivity contribution in [1.82, 2.24) is 29.9 Å². The fourth-order valence-corrected chi connectivity index (χ4v) is 3.92. The zero-order chi connectivity index (χ0) is 23.8. The first-order valence-corrected chi connectivity index (χ1v) is 11.8. The van der Waals surface area contributed by atoms with Gasteiger partial charge in [0.15, 0.2) is 27.2 Å². The number of aromatic nitrogens is 6. The summed E-state index contributed by atoms with van der Waals surface area (Å²) in [6.45, 7) is 1.87. The summed E-state index contributed by atoms with van der Waals surface area (Å²) >= 11 is 6.26. The number of hydrogen-bond donors (Lipinski definition) is 2. The molecule has 3 heterocycles. The van der Waals surface area contributed by atoms with Crippen LogP contribution < -0.4 is 14.8 Å². The normalized spacial score (nSPS) is 11.4. The molecule has 2 N–H and O–H groups in total. The summed E-state index contributed by atoms with van der Waals surface area (Å²) in [7, 11) is -0.139. The molecule has 0 fully saturated rings. The minimum absolute atomic E-state index is 0.0431. The van der Waals surface area contributed by atoms with Crippen LogP contribution in [0.3, 0.4) is 0 Å². The fraction of sp³-hybridized carbons (Fsp3) is 0.200. The number of halogens is 1. The number of rotatable bonds is 7. The van der Waals surface area contributed by atoms with Crippen molar-refractivity contribution < 1.29 is 17.9 Å². The number of methoxy groups -OCH3 is 1. The maximum atomic E-state index is 11.8. The van der Waals surface area contributed by atoms with Crippen molar-refractivity contribution in [2.24, 2.45) is 7.05 Å². The highest BCUT2D eigenvalue weighted by Crippen LogP contribution is 2.38. The van der Waals surface area contributed by atoms with E-state index in [9.17, 15) is 8.42 Å². The third-order valence-corrected chi connectivity index (χ3v) is 5.92. The van der Waals surface area contributed by atoms with Gasteiger partial charge in [0, 0.05) is 36.8 Å². The number of nitrogens with zero attached hydrogens (tertiary/aromatic N) is 5. The van der Waals surface area contributed by atoms with Crippen LogP contribution in [-0.4, -0.2) is 51.7 Å². The molecule has 0 amide bonds. The first-order chi connectivity index (χ1) is 15.6. The average molecular weight is 490 g/mol. The van der Waals surface area contributed by atoms with E-state index < -0.39 is 9.84 Å². The van der Waals surface area contributed by atoms with Gasteiger partial charge in [0.2, 0.25) is 0 Å². The number of benzene rings is 1. The number of anilines is 2. The van der Waals surface area contributed by atoms with Crippen LogP contribution in [0.25, 0.3) is 11.3 Å². The van der Waals surface area contributed by atoms with E-state index >= 15 is 0 Å². The molecular formula is C20H20ClN7O4S. The van der Waals surface area contributed by atoms with Crippen molar-refractivity contribution in [3.8, 4) is 28.8 Å². The van der Waals surface area contributed by atoms with Crippen LogP contribution in [0.4, 0.5) is 11.6 Å². The third-order valence-electron chi connectivity index (χ3n) is 4.51. The van der Waals surface area contributed by atoms with E-state index in [1.54, 1.807) is 30.2 Å². The van der Waals surface area contributed by atoms with Gasteiger partial charge in [-0.2, -0.15) is 20.2 Å². The molecule has 0 atom stereocenters. The fourth-order valence-electron chi connectivity index (χ4n) is 2.99. The minimum Gasteiger partial charge on any atom is -0.491 e. The van der Waals surface area contributed by atoms with Crippen LogP contribution in [0, 0.1) is 6.92 Å². The largest absolute Gasteiger partial charge is 0.491 e. The molecule has 1 aromatic carbocycles. The van der Waals surface area contributed by atoms with Crippen molar-refractivity contribution in [2.45, 2.75) is 11.8 Å². The second-order valence-electron chi connectivity index (χ2n) is 7.17. The number of nitrogens with one attached hydrogen (secondary N) is 2. The molecule has 0 radical (unpaired) electrons. The Kier molecular flexibility index (Phi) is 5.95. The predicted octanol–water partition coefficient (Wildman–Crippen LogP) is 3.51. The third kappa shape index (κ3) is 4.91. The van der Waals surface area contributed by atoms with Crippen molar-refractivity contribution in [1.29, 1.82) is 0 Å². The van der Waals surface area contributed by atoms with Crippen LogP contribution in [0.15, 0.2) is 41.6 Å². The molecule has 0 bridgehead atoms. The van der Waals surface area contributed by atoms with Crippen LogP contribution in [0.2, 0.25) is 5.02 Å². The molecule has 4 aromatic rings. The van der Waals surface area contributed by atoms with Gasteiger partial charge in [-0.1, -0.05) is 11.6 Å². The van der Waals surface area contributed by atoms with Gasteiger partial charge in [-0.3, -0.25) is 9.78 Å². The zero-order valence-electron chi connectivity index (χ0n) is 18.1. The van der Waals surface area contributed by atoms with Gasteiger partial charge in [0.25, 0.3) is 0 Å². The van der Waals surface area contributed by atoms with E-state index in [1.807, 2.05) is 6.92 Å². The molecular weight excluding hydrogens is 470 g/mol. The Labute approximate surface area is 194 Å². The van der Waals surface area contributed by atoms with Gasteiger partial charge in [-0.15, -0.1) is 0 Å². The smallest absolute Gasteiger partial charge is 0.324 e. The molecule has 11 nitrogen and oxygen atoms in total. The predicted molar refractivity (Wildman–Crippen MR) is 122 cm³/mol. The second kappa shape index (κ2) is 8.71. The van der Waals surface area contributed by atoms with E-state index in [4.69, 9.17) is 21.1 Å². The maximum Gasteiger partial charge on any atom is 0.324 e. The minimum atomic E-state index is -3.42. The van der Waals surface area contributed by atoms with E-state index in [1.165, 1.54) is 25.3 Å². The monoisotopic (exact) mass is 489 g/mol. The van der Waals surface area contributed by atoms with Crippen molar-refractivity contribution in [2.75, 3.05) is 18.7 Å². The Balaban J connectivity index is 1.80. The molecule has 0 aliphatic carbocycles. The summed E-state index contributed by atoms with van der Waals surface area (Å²) in [5, 5.41) is 14.4. The molecule has 0 aliphatic heterocycles. The van der Waals surface area contributed by atoms with E-state index in [0.29, 0.717) is 28.6 Å². The number of H-pyrrole nitrogens is 1. The summed E-state index contributed by atoms with van der Waals surface area (Å²) in [6, 6.07) is 5.91. The van der Waals surface area contributed by atoms with Crippen LogP contribution >= 0.6 is 11.6 Å². The van der Waals surface area contributed by atoms with Crippen LogP contribution in [0.5, 0.6) is 17.5 Å². The summed E-state index contributed by atoms with van der Waals surface area (Å²) in [6.07, 6.45) is 4.50. The first kappa shape index (κ1) is 22.6. The van der Waals surface area contributed by atoms with Crippen LogP contribution in [0.1, 0.15) is 5.69 Å². The van der Waals surface area contributed by atoms with Gasteiger partial charge in [0.1, 0.15) is 11.4 Å². The average Bonchev–Trinajstić information content (AvgIpc) is 3.36. The van der Waals surface area contributed by atoms with Gasteiger partial charge in [-0.05, 0) is 25.1 Å². The molecule has 33 heavy (non-hydrogen) atoms. The lowest BCUT2D eigenvalue weighted by Crippen LogP contribution is -2.04. The Bertz CT molecular complexity index is 1430. The highest BCUT2D eigenvalue weighted by Gasteiger charge is 2.21. The van der Waals surface area contributed by atoms with Gasteiger partial charge >= 0.3 is 6.01 Å². The summed E-state index contributed by atoms with van der Waals surface area (Å²) in [5.74, 6) is 1.36. The summed E-state index contributed by atoms with van der Waals surface area (Å²) in [5.41, 5.74) is 1.95. The lowest BCUT2D eigenvalue weighted by atomic mass is 10.2. The van der Waals surface area contributed by atoms with Crippen LogP contribution in [-0.2, 0) is 16.9 Å². The highest BCUT2D eigenvalue weighted by atomic mass is 35.5. The Hall–Kier alpha value is -3.64. The topological polar surface area (TPSA) is 137 Å². The molecule has 3 aromatic heterocycles. The molecule has 13 heteroatoms. The number of sulfone groups is 1. The molecule has 172 valence electrons. The zero-order valence-corrected chi connectivity index (χ0v) is 19.7. The standard InChI is InChI=1S/C20H20ClN7O4S/c1-11-7-16(27-26-11)23-19-18(31-3)17(12-9-22-28(2)10-12)24-20(25-19)32-15-6-5-13(8-14(15)21)33(4,29)30/h5-10H,1-4H3,(H2,23,24,25,26,27). The van der Waals surface area contributed by atoms with Crippen molar-refractivity contribution in [3.05, 3.63) is 47.4 Å². The molecule has 4 rings (SSSR count). The SMILES string of the molecule is COc1c(Nc2cc(C)[nH]n2)nc(Oc2ccc(S(C)(=O)=O)cc2Cl)nc1-c1cnn(C)c1. The number of ether oxygens (including phenoxy) is 2. The maximum absolute atomic E-state index is 11.8. The van der Waals surface area contributed by atoms with E-state index in [0.717, 1.165) is 11.9 Å². The Morgan fingerprint density at radius 1 is 1.21 bits per heavy atom. The second-order valence-corrected chi connectivity index (χ2v) is 9.59. The van der Waals surface area contributed by atoms with Gasteiger partial charge in [-0.25, -0.2) is 8.42 Å². The van der Waals surface area contributed by atoms with Gasteiger partial charge in [0.05, 0.1) is 23.2 Å². The molecule has 0 spiro atoms. The van der Waals surface area contributed by atoms with Crippen molar-refractivity contribution >= 4 is 33.1 Å². The van der Waals surface area contributed by atoms with E-state index in [-0.39, 0.29) is 21.7 Å². The molecule has 0 saturated carbocycles. The quantitative estimate of drug-likeness (QED) is 0.399. The Morgan fingerprint density at radius 3 is 2.58 bits per heavy atom. The Morgan fingerprint density at radius 2 is 2.00 bits per heavy atom. The molecule has 0 unspecified atom stereocenters. The van der Waals surface area contributed by atoms with Crippen molar-refractivity contribution in [3.63, 3.8) is 0 Å². The summed E-state index contributed by atoms with van der Waals surface area (Å²) < 4.78 is 36.6. The van der Waals surface area contributed by atoms with Gasteiger partial charge < -0.3 is 14.8 Å². The van der Waals surface area contributed by atoms with E-state index in [2.05, 4.69) is 30.6 Å². The lowest BCUT2D eigenvalue weighted by Gasteiger charge is -2.14. The first-order valence-electron chi connectivity index (χ1n) is 9.55. The molecule has 0 saturated heterocycles. The number of aromatic amines is 1. The highest BCUT2D eigenvalue weighted by molar-refractivity contribution is 7.90. The number of hydrogen-bond acceptors (Lipinski definition) is 9. The number of aryl methyl sites for hydroxylation is 2. The lowest BCUT2D eigenvalue weighted by molar-refractivity contribution is 0.404. The molecule has 0 aliphatic rings. The summed E-state index contributed by atoms with van der Waals surface area (Å²) in [4.78, 5) is 8.98.